The number of amides is 4. The van der Waals surface area contributed by atoms with Crippen LogP contribution in [0.2, 0.25) is 0 Å². The molecule has 0 bridgehead atoms. The van der Waals surface area contributed by atoms with Gasteiger partial charge in [-0.15, -0.1) is 0 Å². The second-order valence-electron chi connectivity index (χ2n) is 7.58. The van der Waals surface area contributed by atoms with Crippen molar-refractivity contribution in [2.45, 2.75) is 38.1 Å². The Labute approximate surface area is 167 Å². The zero-order valence-corrected chi connectivity index (χ0v) is 16.6. The third kappa shape index (κ3) is 3.30. The van der Waals surface area contributed by atoms with Crippen LogP contribution in [-0.2, 0) is 9.59 Å². The van der Waals surface area contributed by atoms with Crippen LogP contribution in [0.4, 0.5) is 10.5 Å². The highest BCUT2D eigenvalue weighted by Gasteiger charge is 2.55. The van der Waals surface area contributed by atoms with E-state index in [1.54, 1.807) is 17.4 Å². The third-order valence-electron chi connectivity index (χ3n) is 5.80. The van der Waals surface area contributed by atoms with Gasteiger partial charge in [0.1, 0.15) is 12.1 Å². The number of anilines is 1. The molecule has 2 aliphatic rings. The molecule has 0 radical (unpaired) electrons. The van der Waals surface area contributed by atoms with E-state index in [-0.39, 0.29) is 24.3 Å². The summed E-state index contributed by atoms with van der Waals surface area (Å²) >= 11 is 1.61. The molecule has 1 saturated carbocycles. The van der Waals surface area contributed by atoms with Gasteiger partial charge in [0.15, 0.2) is 0 Å². The molecule has 1 aromatic heterocycles. The first kappa shape index (κ1) is 18.7. The molecule has 2 N–H and O–H groups in total. The second kappa shape index (κ2) is 7.39. The molecule has 2 unspecified atom stereocenters. The molecule has 6 nitrogen and oxygen atoms in total. The van der Waals surface area contributed by atoms with Crippen LogP contribution < -0.4 is 10.6 Å². The number of benzene rings is 1. The average molecular weight is 398 g/mol. The van der Waals surface area contributed by atoms with Gasteiger partial charge in [-0.2, -0.15) is 11.3 Å². The van der Waals surface area contributed by atoms with E-state index in [9.17, 15) is 14.4 Å². The lowest BCUT2D eigenvalue weighted by atomic mass is 9.73. The van der Waals surface area contributed by atoms with Gasteiger partial charge in [-0.3, -0.25) is 14.5 Å². The van der Waals surface area contributed by atoms with Crippen molar-refractivity contribution in [3.05, 3.63) is 41.1 Å². The van der Waals surface area contributed by atoms with Crippen LogP contribution in [0.1, 0.15) is 32.6 Å². The van der Waals surface area contributed by atoms with Crippen LogP contribution in [0, 0.1) is 5.92 Å². The fraction of sp³-hybridized carbons (Fsp3) is 0.381. The van der Waals surface area contributed by atoms with E-state index >= 15 is 0 Å². The van der Waals surface area contributed by atoms with Gasteiger partial charge in [0.25, 0.3) is 5.91 Å². The Hall–Kier alpha value is -2.67. The highest BCUT2D eigenvalue weighted by molar-refractivity contribution is 7.08. The predicted octanol–water partition coefficient (Wildman–Crippen LogP) is 3.85. The topological polar surface area (TPSA) is 78.5 Å². The molecule has 7 heteroatoms. The lowest BCUT2D eigenvalue weighted by Gasteiger charge is -2.36. The Morgan fingerprint density at radius 1 is 1.29 bits per heavy atom. The standard InChI is InChI=1S/C21H23N3O3S/c1-14-5-2-3-9-21(14)19(26)24(20(27)23-21)12-18(25)22-17-7-4-6-15(11-17)16-8-10-28-13-16/h4,6-8,10-11,13-14H,2-3,5,9,12H2,1H3,(H,22,25)(H,23,27). The van der Waals surface area contributed by atoms with Gasteiger partial charge in [-0.1, -0.05) is 31.9 Å². The molecule has 4 rings (SSSR count). The quantitative estimate of drug-likeness (QED) is 0.769. The maximum absolute atomic E-state index is 13.0. The summed E-state index contributed by atoms with van der Waals surface area (Å²) < 4.78 is 0. The minimum absolute atomic E-state index is 0.0769. The number of imide groups is 1. The highest BCUT2D eigenvalue weighted by Crippen LogP contribution is 2.38. The van der Waals surface area contributed by atoms with Crippen LogP contribution in [0.5, 0.6) is 0 Å². The molecule has 1 aliphatic heterocycles. The highest BCUT2D eigenvalue weighted by atomic mass is 32.1. The summed E-state index contributed by atoms with van der Waals surface area (Å²) in [4.78, 5) is 39.0. The van der Waals surface area contributed by atoms with Crippen molar-refractivity contribution in [3.63, 3.8) is 0 Å². The van der Waals surface area contributed by atoms with E-state index in [0.29, 0.717) is 12.1 Å². The summed E-state index contributed by atoms with van der Waals surface area (Å²) in [6.07, 6.45) is 3.51. The Balaban J connectivity index is 1.45. The number of hydrogen-bond acceptors (Lipinski definition) is 4. The Bertz CT molecular complexity index is 911. The normalized spacial score (nSPS) is 24.5. The fourth-order valence-electron chi connectivity index (χ4n) is 4.19. The van der Waals surface area contributed by atoms with Crippen LogP contribution >= 0.6 is 11.3 Å². The maximum atomic E-state index is 13.0. The van der Waals surface area contributed by atoms with Gasteiger partial charge < -0.3 is 10.6 Å². The van der Waals surface area contributed by atoms with Gasteiger partial charge in [-0.25, -0.2) is 4.79 Å². The zero-order chi connectivity index (χ0) is 19.7. The number of carbonyl (C=O) groups excluding carboxylic acids is 3. The third-order valence-corrected chi connectivity index (χ3v) is 6.49. The number of nitrogens with zero attached hydrogens (tertiary/aromatic N) is 1. The molecule has 1 saturated heterocycles. The smallest absolute Gasteiger partial charge is 0.325 e. The molecule has 1 aliphatic carbocycles. The van der Waals surface area contributed by atoms with Gasteiger partial charge in [0, 0.05) is 5.69 Å². The molecule has 2 atom stereocenters. The summed E-state index contributed by atoms with van der Waals surface area (Å²) in [7, 11) is 0. The molecule has 2 fully saturated rings. The zero-order valence-electron chi connectivity index (χ0n) is 15.7. The summed E-state index contributed by atoms with van der Waals surface area (Å²) in [5.41, 5.74) is 1.89. The fourth-order valence-corrected chi connectivity index (χ4v) is 4.85. The van der Waals surface area contributed by atoms with Crippen molar-refractivity contribution < 1.29 is 14.4 Å². The minimum Gasteiger partial charge on any atom is -0.325 e. The first-order chi connectivity index (χ1) is 13.5. The molecular formula is C21H23N3O3S. The van der Waals surface area contributed by atoms with E-state index in [1.807, 2.05) is 41.9 Å². The number of carbonyl (C=O) groups is 3. The van der Waals surface area contributed by atoms with Crippen molar-refractivity contribution in [2.75, 3.05) is 11.9 Å². The number of hydrogen-bond donors (Lipinski definition) is 2. The first-order valence-corrected chi connectivity index (χ1v) is 10.5. The van der Waals surface area contributed by atoms with Crippen molar-refractivity contribution in [2.24, 2.45) is 5.92 Å². The maximum Gasteiger partial charge on any atom is 0.325 e. The second-order valence-corrected chi connectivity index (χ2v) is 8.36. The van der Waals surface area contributed by atoms with Crippen LogP contribution in [0.25, 0.3) is 11.1 Å². The molecule has 4 amide bonds. The van der Waals surface area contributed by atoms with E-state index < -0.39 is 11.6 Å². The van der Waals surface area contributed by atoms with Crippen molar-refractivity contribution in [3.8, 4) is 11.1 Å². The number of rotatable bonds is 4. The molecule has 28 heavy (non-hydrogen) atoms. The molecule has 146 valence electrons. The van der Waals surface area contributed by atoms with E-state index in [2.05, 4.69) is 10.6 Å². The lowest BCUT2D eigenvalue weighted by molar-refractivity contribution is -0.136. The Morgan fingerprint density at radius 2 is 2.14 bits per heavy atom. The number of thiophene rings is 1. The molecular weight excluding hydrogens is 374 g/mol. The van der Waals surface area contributed by atoms with Gasteiger partial charge >= 0.3 is 6.03 Å². The largest absolute Gasteiger partial charge is 0.325 e. The monoisotopic (exact) mass is 397 g/mol. The SMILES string of the molecule is CC1CCCCC12NC(=O)N(CC(=O)Nc1cccc(-c3ccsc3)c1)C2=O. The Morgan fingerprint density at radius 3 is 2.89 bits per heavy atom. The van der Waals surface area contributed by atoms with E-state index in [0.717, 1.165) is 35.3 Å². The number of urea groups is 1. The Kier molecular flexibility index (Phi) is 4.93. The lowest BCUT2D eigenvalue weighted by Crippen LogP contribution is -2.54. The van der Waals surface area contributed by atoms with Crippen molar-refractivity contribution >= 4 is 34.9 Å². The number of nitrogens with one attached hydrogen (secondary N) is 2. The summed E-state index contributed by atoms with van der Waals surface area (Å²) in [6.45, 7) is 1.72. The predicted molar refractivity (Wildman–Crippen MR) is 109 cm³/mol. The van der Waals surface area contributed by atoms with Crippen LogP contribution in [0.15, 0.2) is 41.1 Å². The molecule has 1 spiro atoms. The molecule has 1 aromatic carbocycles. The summed E-state index contributed by atoms with van der Waals surface area (Å²) in [5, 5.41) is 9.72. The van der Waals surface area contributed by atoms with Crippen molar-refractivity contribution in [1.82, 2.24) is 10.2 Å². The minimum atomic E-state index is -0.839. The van der Waals surface area contributed by atoms with E-state index in [1.165, 1.54) is 0 Å². The van der Waals surface area contributed by atoms with Gasteiger partial charge in [0.2, 0.25) is 5.91 Å². The van der Waals surface area contributed by atoms with E-state index in [4.69, 9.17) is 0 Å². The summed E-state index contributed by atoms with van der Waals surface area (Å²) in [5.74, 6) is -0.577. The average Bonchev–Trinajstić information content (AvgIpc) is 3.29. The molecule has 2 aromatic rings. The van der Waals surface area contributed by atoms with Gasteiger partial charge in [0.05, 0.1) is 0 Å². The summed E-state index contributed by atoms with van der Waals surface area (Å²) in [6, 6.07) is 9.07. The molecule has 2 heterocycles. The van der Waals surface area contributed by atoms with Crippen molar-refractivity contribution in [1.29, 1.82) is 0 Å². The first-order valence-electron chi connectivity index (χ1n) is 9.56. The van der Waals surface area contributed by atoms with Crippen LogP contribution in [0.3, 0.4) is 0 Å². The van der Waals surface area contributed by atoms with Gasteiger partial charge in [-0.05, 0) is 58.8 Å². The van der Waals surface area contributed by atoms with Crippen LogP contribution in [-0.4, -0.2) is 34.8 Å².